The number of rotatable bonds is 7. The molecule has 5 heteroatoms. The summed E-state index contributed by atoms with van der Waals surface area (Å²) in [6, 6.07) is 9.95. The molecule has 0 bridgehead atoms. The zero-order valence-electron chi connectivity index (χ0n) is 16.0. The van der Waals surface area contributed by atoms with Crippen LogP contribution in [0.4, 0.5) is 0 Å². The molecule has 2 heterocycles. The van der Waals surface area contributed by atoms with Crippen molar-refractivity contribution in [3.05, 3.63) is 30.3 Å². The number of ether oxygens (including phenoxy) is 1. The Hall–Kier alpha value is -1.59. The van der Waals surface area contributed by atoms with E-state index in [-0.39, 0.29) is 0 Å². The van der Waals surface area contributed by atoms with Crippen LogP contribution in [0, 0.1) is 11.8 Å². The molecule has 2 unspecified atom stereocenters. The minimum atomic E-state index is 0.336. The lowest BCUT2D eigenvalue weighted by atomic mass is 9.85. The summed E-state index contributed by atoms with van der Waals surface area (Å²) in [7, 11) is 0. The maximum atomic E-state index is 12.6. The van der Waals surface area contributed by atoms with Gasteiger partial charge in [0, 0.05) is 39.1 Å². The Morgan fingerprint density at radius 1 is 1.23 bits per heavy atom. The summed E-state index contributed by atoms with van der Waals surface area (Å²) in [5.41, 5.74) is 0. The molecule has 2 aliphatic heterocycles. The summed E-state index contributed by atoms with van der Waals surface area (Å²) in [5, 5.41) is 3.46. The maximum Gasteiger partial charge on any atom is 0.222 e. The summed E-state index contributed by atoms with van der Waals surface area (Å²) in [6.07, 6.45) is 3.20. The highest BCUT2D eigenvalue weighted by molar-refractivity contribution is 5.76. The minimum absolute atomic E-state index is 0.336. The van der Waals surface area contributed by atoms with E-state index in [1.165, 1.54) is 12.8 Å². The van der Waals surface area contributed by atoms with E-state index in [0.29, 0.717) is 30.8 Å². The minimum Gasteiger partial charge on any atom is -0.492 e. The van der Waals surface area contributed by atoms with E-state index in [0.717, 1.165) is 51.6 Å². The van der Waals surface area contributed by atoms with Crippen LogP contribution in [0.1, 0.15) is 26.2 Å². The Morgan fingerprint density at radius 2 is 2.00 bits per heavy atom. The van der Waals surface area contributed by atoms with Crippen molar-refractivity contribution >= 4 is 5.91 Å². The molecule has 0 saturated carbocycles. The third-order valence-electron chi connectivity index (χ3n) is 5.78. The van der Waals surface area contributed by atoms with E-state index in [4.69, 9.17) is 4.74 Å². The first kappa shape index (κ1) is 19.2. The molecule has 0 spiro atoms. The number of para-hydroxylation sites is 1. The number of piperidine rings is 1. The van der Waals surface area contributed by atoms with Gasteiger partial charge in [0.25, 0.3) is 0 Å². The number of amides is 1. The molecular formula is C21H33N3O2. The van der Waals surface area contributed by atoms with E-state index in [9.17, 15) is 4.79 Å². The lowest BCUT2D eigenvalue weighted by Gasteiger charge is -2.36. The molecule has 144 valence electrons. The summed E-state index contributed by atoms with van der Waals surface area (Å²) in [5.74, 6) is 2.40. The molecule has 2 aliphatic rings. The summed E-state index contributed by atoms with van der Waals surface area (Å²) >= 11 is 0. The zero-order valence-corrected chi connectivity index (χ0v) is 16.0. The first-order valence-electron chi connectivity index (χ1n) is 10.1. The fraction of sp³-hybridized carbons (Fsp3) is 0.667. The van der Waals surface area contributed by atoms with Gasteiger partial charge in [-0.25, -0.2) is 0 Å². The van der Waals surface area contributed by atoms with Gasteiger partial charge in [-0.3, -0.25) is 9.69 Å². The van der Waals surface area contributed by atoms with Crippen molar-refractivity contribution in [3.8, 4) is 5.75 Å². The Balaban J connectivity index is 1.33. The van der Waals surface area contributed by atoms with E-state index in [2.05, 4.69) is 22.0 Å². The third-order valence-corrected chi connectivity index (χ3v) is 5.78. The molecule has 0 aromatic heterocycles. The Labute approximate surface area is 157 Å². The highest BCUT2D eigenvalue weighted by atomic mass is 16.5. The average Bonchev–Trinajstić information content (AvgIpc) is 2.70. The SMILES string of the molecule is CC(CC(=O)N1CCN(CCOc2ccccc2)CC1)C1CCCNC1. The third kappa shape index (κ3) is 5.71. The molecule has 0 radical (unpaired) electrons. The number of benzene rings is 1. The number of nitrogens with zero attached hydrogens (tertiary/aromatic N) is 2. The number of piperazine rings is 1. The van der Waals surface area contributed by atoms with Crippen LogP contribution >= 0.6 is 0 Å². The van der Waals surface area contributed by atoms with Gasteiger partial charge in [0.1, 0.15) is 12.4 Å². The largest absolute Gasteiger partial charge is 0.492 e. The van der Waals surface area contributed by atoms with E-state index >= 15 is 0 Å². The Kier molecular flexibility index (Phi) is 7.32. The highest BCUT2D eigenvalue weighted by Gasteiger charge is 2.26. The fourth-order valence-corrected chi connectivity index (χ4v) is 3.97. The summed E-state index contributed by atoms with van der Waals surface area (Å²) < 4.78 is 5.77. The van der Waals surface area contributed by atoms with Crippen LogP contribution in [-0.4, -0.2) is 68.1 Å². The number of carbonyl (C=O) groups excluding carboxylic acids is 1. The lowest BCUT2D eigenvalue weighted by Crippen LogP contribution is -2.50. The molecular weight excluding hydrogens is 326 g/mol. The molecule has 2 atom stereocenters. The molecule has 1 amide bonds. The first-order valence-corrected chi connectivity index (χ1v) is 10.1. The highest BCUT2D eigenvalue weighted by Crippen LogP contribution is 2.23. The van der Waals surface area contributed by atoms with E-state index in [1.54, 1.807) is 0 Å². The van der Waals surface area contributed by atoms with Crippen LogP contribution in [0.5, 0.6) is 5.75 Å². The summed E-state index contributed by atoms with van der Waals surface area (Å²) in [4.78, 5) is 17.1. The van der Waals surface area contributed by atoms with Crippen molar-refractivity contribution in [1.82, 2.24) is 15.1 Å². The second kappa shape index (κ2) is 9.93. The fourth-order valence-electron chi connectivity index (χ4n) is 3.97. The predicted octanol–water partition coefficient (Wildman–Crippen LogP) is 2.24. The number of carbonyl (C=O) groups is 1. The molecule has 1 aromatic carbocycles. The molecule has 26 heavy (non-hydrogen) atoms. The van der Waals surface area contributed by atoms with Gasteiger partial charge in [-0.05, 0) is 49.9 Å². The number of hydrogen-bond acceptors (Lipinski definition) is 4. The van der Waals surface area contributed by atoms with Crippen molar-refractivity contribution in [3.63, 3.8) is 0 Å². The van der Waals surface area contributed by atoms with Crippen molar-refractivity contribution < 1.29 is 9.53 Å². The van der Waals surface area contributed by atoms with Gasteiger partial charge in [0.15, 0.2) is 0 Å². The van der Waals surface area contributed by atoms with Crippen molar-refractivity contribution in [2.45, 2.75) is 26.2 Å². The van der Waals surface area contributed by atoms with Gasteiger partial charge in [-0.15, -0.1) is 0 Å². The predicted molar refractivity (Wildman–Crippen MR) is 104 cm³/mol. The van der Waals surface area contributed by atoms with Crippen molar-refractivity contribution in [1.29, 1.82) is 0 Å². The van der Waals surface area contributed by atoms with E-state index < -0.39 is 0 Å². The van der Waals surface area contributed by atoms with Crippen molar-refractivity contribution in [2.75, 3.05) is 52.4 Å². The topological polar surface area (TPSA) is 44.8 Å². The van der Waals surface area contributed by atoms with Gasteiger partial charge in [-0.1, -0.05) is 25.1 Å². The van der Waals surface area contributed by atoms with Crippen LogP contribution in [0.3, 0.4) is 0 Å². The molecule has 3 rings (SSSR count). The smallest absolute Gasteiger partial charge is 0.222 e. The molecule has 1 N–H and O–H groups in total. The zero-order chi connectivity index (χ0) is 18.2. The molecule has 2 saturated heterocycles. The molecule has 5 nitrogen and oxygen atoms in total. The maximum absolute atomic E-state index is 12.6. The quantitative estimate of drug-likeness (QED) is 0.811. The van der Waals surface area contributed by atoms with Gasteiger partial charge in [0.2, 0.25) is 5.91 Å². The van der Waals surface area contributed by atoms with E-state index in [1.807, 2.05) is 30.3 Å². The second-order valence-corrected chi connectivity index (χ2v) is 7.67. The van der Waals surface area contributed by atoms with Crippen LogP contribution < -0.4 is 10.1 Å². The summed E-state index contributed by atoms with van der Waals surface area (Å²) in [6.45, 7) is 9.65. The van der Waals surface area contributed by atoms with Gasteiger partial charge >= 0.3 is 0 Å². The standard InChI is InChI=1S/C21H33N3O2/c1-18(19-6-5-9-22-17-19)16-21(25)24-12-10-23(11-13-24)14-15-26-20-7-3-2-4-8-20/h2-4,7-8,18-19,22H,5-6,9-17H2,1H3. The van der Waals surface area contributed by atoms with Gasteiger partial charge in [-0.2, -0.15) is 0 Å². The first-order chi connectivity index (χ1) is 12.7. The van der Waals surface area contributed by atoms with Gasteiger partial charge in [0.05, 0.1) is 0 Å². The number of nitrogens with one attached hydrogen (secondary N) is 1. The lowest BCUT2D eigenvalue weighted by molar-refractivity contribution is -0.134. The number of hydrogen-bond donors (Lipinski definition) is 1. The van der Waals surface area contributed by atoms with Crippen LogP contribution in [0.2, 0.25) is 0 Å². The van der Waals surface area contributed by atoms with Crippen LogP contribution in [0.15, 0.2) is 30.3 Å². The second-order valence-electron chi connectivity index (χ2n) is 7.67. The molecule has 2 fully saturated rings. The van der Waals surface area contributed by atoms with Crippen molar-refractivity contribution in [2.24, 2.45) is 11.8 Å². The monoisotopic (exact) mass is 359 g/mol. The average molecular weight is 360 g/mol. The van der Waals surface area contributed by atoms with Crippen LogP contribution in [0.25, 0.3) is 0 Å². The van der Waals surface area contributed by atoms with Gasteiger partial charge < -0.3 is 15.0 Å². The normalized spacial score (nSPS) is 22.8. The molecule has 0 aliphatic carbocycles. The Bertz CT molecular complexity index is 537. The Morgan fingerprint density at radius 3 is 2.69 bits per heavy atom. The van der Waals surface area contributed by atoms with Crippen LogP contribution in [-0.2, 0) is 4.79 Å². The molecule has 1 aromatic rings.